The molecule has 4 heteroatoms. The molecular formula is C31H44N2O2. The molecule has 1 aromatic heterocycles. The molecule has 35 heavy (non-hydrogen) atoms. The van der Waals surface area contributed by atoms with Crippen LogP contribution in [0, 0.1) is 46.3 Å². The fourth-order valence-corrected chi connectivity index (χ4v) is 9.85. The van der Waals surface area contributed by atoms with Crippen LogP contribution in [0.3, 0.4) is 0 Å². The SMILES string of the molecule is C[C@H](CCc1ncc2ccccc2n1)[C@H]1CC[C@H]2[C@@H]3CC[C@@H]4C[C@H](O)CC[C@]4(C)C3C[C@H](O)[C@]12C. The Labute approximate surface area is 211 Å². The summed E-state index contributed by atoms with van der Waals surface area (Å²) < 4.78 is 0. The van der Waals surface area contributed by atoms with E-state index in [9.17, 15) is 10.2 Å². The number of aryl methyl sites for hydroxylation is 1. The highest BCUT2D eigenvalue weighted by molar-refractivity contribution is 5.77. The summed E-state index contributed by atoms with van der Waals surface area (Å²) in [6.07, 6.45) is 12.8. The average molecular weight is 477 g/mol. The van der Waals surface area contributed by atoms with Crippen molar-refractivity contribution in [2.75, 3.05) is 0 Å². The van der Waals surface area contributed by atoms with Gasteiger partial charge in [0.15, 0.2) is 0 Å². The van der Waals surface area contributed by atoms with Gasteiger partial charge in [0.1, 0.15) is 5.82 Å². The molecule has 0 radical (unpaired) electrons. The van der Waals surface area contributed by atoms with Gasteiger partial charge in [0.25, 0.3) is 0 Å². The molecule has 4 fully saturated rings. The first-order valence-corrected chi connectivity index (χ1v) is 14.4. The van der Waals surface area contributed by atoms with Gasteiger partial charge >= 0.3 is 0 Å². The fourth-order valence-electron chi connectivity index (χ4n) is 9.85. The lowest BCUT2D eigenvalue weighted by Gasteiger charge is -2.62. The predicted octanol–water partition coefficient (Wildman–Crippen LogP) is 6.19. The van der Waals surface area contributed by atoms with Gasteiger partial charge in [-0.1, -0.05) is 39.0 Å². The highest BCUT2D eigenvalue weighted by Gasteiger charge is 2.63. The molecule has 0 bridgehead atoms. The van der Waals surface area contributed by atoms with E-state index in [0.29, 0.717) is 35.0 Å². The molecule has 4 aliphatic carbocycles. The smallest absolute Gasteiger partial charge is 0.128 e. The summed E-state index contributed by atoms with van der Waals surface area (Å²) in [4.78, 5) is 9.46. The molecule has 0 aliphatic heterocycles. The van der Waals surface area contributed by atoms with Gasteiger partial charge in [-0.05, 0) is 110 Å². The van der Waals surface area contributed by atoms with Crippen molar-refractivity contribution in [3.63, 3.8) is 0 Å². The van der Waals surface area contributed by atoms with Crippen molar-refractivity contribution in [1.29, 1.82) is 0 Å². The molecule has 0 saturated heterocycles. The van der Waals surface area contributed by atoms with Gasteiger partial charge in [-0.25, -0.2) is 9.97 Å². The van der Waals surface area contributed by atoms with Crippen LogP contribution in [0.5, 0.6) is 0 Å². The Bertz CT molecular complexity index is 1070. The van der Waals surface area contributed by atoms with E-state index in [1.54, 1.807) is 0 Å². The third-order valence-electron chi connectivity index (χ3n) is 11.9. The second-order valence-corrected chi connectivity index (χ2v) is 13.2. The molecule has 1 heterocycles. The van der Waals surface area contributed by atoms with Gasteiger partial charge in [0.2, 0.25) is 0 Å². The van der Waals surface area contributed by atoms with Crippen LogP contribution in [0.25, 0.3) is 10.9 Å². The molecule has 2 aromatic rings. The first-order chi connectivity index (χ1) is 16.8. The zero-order valence-corrected chi connectivity index (χ0v) is 21.9. The van der Waals surface area contributed by atoms with Crippen LogP contribution >= 0.6 is 0 Å². The summed E-state index contributed by atoms with van der Waals surface area (Å²) >= 11 is 0. The third kappa shape index (κ3) is 3.77. The number of para-hydroxylation sites is 1. The highest BCUT2D eigenvalue weighted by atomic mass is 16.3. The van der Waals surface area contributed by atoms with Crippen molar-refractivity contribution in [2.45, 2.75) is 97.2 Å². The topological polar surface area (TPSA) is 66.2 Å². The van der Waals surface area contributed by atoms with Crippen LogP contribution in [-0.4, -0.2) is 32.4 Å². The summed E-state index contributed by atoms with van der Waals surface area (Å²) in [5, 5.41) is 23.2. The van der Waals surface area contributed by atoms with Crippen molar-refractivity contribution in [2.24, 2.45) is 46.3 Å². The number of rotatable bonds is 4. The molecule has 4 nitrogen and oxygen atoms in total. The molecule has 0 amide bonds. The summed E-state index contributed by atoms with van der Waals surface area (Å²) in [7, 11) is 0. The number of aliphatic hydroxyl groups is 2. The molecule has 10 atom stereocenters. The quantitative estimate of drug-likeness (QED) is 0.552. The standard InChI is InChI=1S/C31H44N2O2/c1-19(8-13-29-32-18-20-6-4-5-7-27(20)33-29)24-11-12-25-23-10-9-21-16-22(34)14-15-30(21,2)26(23)17-28(35)31(24,25)3/h4-7,18-19,21-26,28,34-35H,8-17H2,1-3H3/t19-,21-,22-,23+,24-,25+,26?,28+,30+,31-/m1/s1. The molecule has 0 spiro atoms. The summed E-state index contributed by atoms with van der Waals surface area (Å²) in [5.74, 6) is 4.74. The lowest BCUT2D eigenvalue weighted by Crippen LogP contribution is -2.58. The first-order valence-electron chi connectivity index (χ1n) is 14.4. The van der Waals surface area contributed by atoms with Crippen molar-refractivity contribution in [3.05, 3.63) is 36.3 Å². The van der Waals surface area contributed by atoms with Crippen molar-refractivity contribution >= 4 is 10.9 Å². The lowest BCUT2D eigenvalue weighted by molar-refractivity contribution is -0.174. The maximum absolute atomic E-state index is 11.8. The number of hydrogen-bond acceptors (Lipinski definition) is 4. The summed E-state index contributed by atoms with van der Waals surface area (Å²) in [6.45, 7) is 7.37. The number of hydrogen-bond donors (Lipinski definition) is 2. The Morgan fingerprint density at radius 3 is 2.69 bits per heavy atom. The minimum absolute atomic E-state index is 0.0300. The largest absolute Gasteiger partial charge is 0.393 e. The van der Waals surface area contributed by atoms with E-state index in [-0.39, 0.29) is 17.6 Å². The normalized spacial score (nSPS) is 43.9. The van der Waals surface area contributed by atoms with Gasteiger partial charge in [-0.2, -0.15) is 0 Å². The van der Waals surface area contributed by atoms with E-state index in [0.717, 1.165) is 61.2 Å². The molecule has 2 N–H and O–H groups in total. The van der Waals surface area contributed by atoms with Crippen molar-refractivity contribution in [3.8, 4) is 0 Å². The number of aromatic nitrogens is 2. The van der Waals surface area contributed by atoms with Gasteiger partial charge in [-0.15, -0.1) is 0 Å². The third-order valence-corrected chi connectivity index (χ3v) is 11.9. The van der Waals surface area contributed by atoms with Gasteiger partial charge in [0.05, 0.1) is 17.7 Å². The molecule has 4 saturated carbocycles. The van der Waals surface area contributed by atoms with Crippen LogP contribution in [-0.2, 0) is 6.42 Å². The second kappa shape index (κ2) is 8.80. The second-order valence-electron chi connectivity index (χ2n) is 13.2. The number of fused-ring (bicyclic) bond motifs is 6. The zero-order valence-electron chi connectivity index (χ0n) is 21.9. The Balaban J connectivity index is 1.18. The number of nitrogens with zero attached hydrogens (tertiary/aromatic N) is 2. The van der Waals surface area contributed by atoms with Crippen molar-refractivity contribution in [1.82, 2.24) is 9.97 Å². The van der Waals surface area contributed by atoms with Gasteiger partial charge in [-0.3, -0.25) is 0 Å². The predicted molar refractivity (Wildman–Crippen MR) is 140 cm³/mol. The van der Waals surface area contributed by atoms with Crippen LogP contribution in [0.15, 0.2) is 30.5 Å². The molecule has 6 rings (SSSR count). The van der Waals surface area contributed by atoms with E-state index in [1.165, 1.54) is 25.7 Å². The van der Waals surface area contributed by atoms with E-state index >= 15 is 0 Å². The van der Waals surface area contributed by atoms with Gasteiger partial charge < -0.3 is 10.2 Å². The first kappa shape index (κ1) is 23.9. The molecule has 4 aliphatic rings. The average Bonchev–Trinajstić information content (AvgIpc) is 3.22. The highest BCUT2D eigenvalue weighted by Crippen LogP contribution is 2.68. The Kier molecular flexibility index (Phi) is 6.00. The Morgan fingerprint density at radius 1 is 1.00 bits per heavy atom. The maximum Gasteiger partial charge on any atom is 0.128 e. The van der Waals surface area contributed by atoms with Crippen LogP contribution in [0.4, 0.5) is 0 Å². The molecule has 1 aromatic carbocycles. The minimum atomic E-state index is -0.206. The van der Waals surface area contributed by atoms with E-state index < -0.39 is 0 Å². The van der Waals surface area contributed by atoms with E-state index in [1.807, 2.05) is 18.3 Å². The van der Waals surface area contributed by atoms with Crippen LogP contribution in [0.1, 0.15) is 84.4 Å². The van der Waals surface area contributed by atoms with Crippen LogP contribution < -0.4 is 0 Å². The molecular weight excluding hydrogens is 432 g/mol. The summed E-state index contributed by atoms with van der Waals surface area (Å²) in [5.41, 5.74) is 1.37. The number of aliphatic hydroxyl groups excluding tert-OH is 2. The minimum Gasteiger partial charge on any atom is -0.393 e. The van der Waals surface area contributed by atoms with Crippen molar-refractivity contribution < 1.29 is 10.2 Å². The van der Waals surface area contributed by atoms with Gasteiger partial charge in [0, 0.05) is 18.0 Å². The maximum atomic E-state index is 11.8. The Hall–Kier alpha value is -1.52. The molecule has 1 unspecified atom stereocenters. The Morgan fingerprint density at radius 2 is 1.83 bits per heavy atom. The lowest BCUT2D eigenvalue weighted by atomic mass is 9.43. The van der Waals surface area contributed by atoms with Crippen LogP contribution in [0.2, 0.25) is 0 Å². The summed E-state index contributed by atoms with van der Waals surface area (Å²) in [6, 6.07) is 8.23. The number of benzene rings is 1. The van der Waals surface area contributed by atoms with E-state index in [2.05, 4.69) is 37.9 Å². The molecule has 190 valence electrons. The van der Waals surface area contributed by atoms with E-state index in [4.69, 9.17) is 4.98 Å². The fraction of sp³-hybridized carbons (Fsp3) is 0.742. The monoisotopic (exact) mass is 476 g/mol. The zero-order chi connectivity index (χ0) is 24.4.